The first kappa shape index (κ1) is 16.3. The third-order valence-corrected chi connectivity index (χ3v) is 5.25. The summed E-state index contributed by atoms with van der Waals surface area (Å²) in [5, 5.41) is 11.3. The second-order valence-corrected chi connectivity index (χ2v) is 7.99. The van der Waals surface area contributed by atoms with Gasteiger partial charge < -0.3 is 14.7 Å². The van der Waals surface area contributed by atoms with E-state index < -0.39 is 5.60 Å². The number of hydrogen-bond acceptors (Lipinski definition) is 3. The van der Waals surface area contributed by atoms with E-state index in [4.69, 9.17) is 4.74 Å². The van der Waals surface area contributed by atoms with Crippen molar-refractivity contribution in [3.8, 4) is 5.75 Å². The summed E-state index contributed by atoms with van der Waals surface area (Å²) in [6.07, 6.45) is 3.13. The minimum absolute atomic E-state index is 0.121. The molecule has 2 atom stereocenters. The van der Waals surface area contributed by atoms with Crippen molar-refractivity contribution in [3.63, 3.8) is 0 Å². The van der Waals surface area contributed by atoms with Crippen LogP contribution in [0.15, 0.2) is 24.3 Å². The average molecular weight is 317 g/mol. The van der Waals surface area contributed by atoms with Gasteiger partial charge >= 0.3 is 0 Å². The van der Waals surface area contributed by atoms with E-state index in [1.165, 1.54) is 0 Å². The van der Waals surface area contributed by atoms with Crippen LogP contribution >= 0.6 is 0 Å². The third-order valence-electron chi connectivity index (χ3n) is 5.25. The first-order valence-corrected chi connectivity index (χ1v) is 8.45. The van der Waals surface area contributed by atoms with Gasteiger partial charge in [0.15, 0.2) is 0 Å². The molecule has 2 saturated heterocycles. The van der Waals surface area contributed by atoms with E-state index in [1.807, 2.05) is 49.9 Å². The topological polar surface area (TPSA) is 49.8 Å². The predicted molar refractivity (Wildman–Crippen MR) is 89.2 cm³/mol. The van der Waals surface area contributed by atoms with E-state index >= 15 is 0 Å². The highest BCUT2D eigenvalue weighted by Crippen LogP contribution is 2.48. The van der Waals surface area contributed by atoms with Gasteiger partial charge in [-0.3, -0.25) is 4.79 Å². The van der Waals surface area contributed by atoms with Gasteiger partial charge in [-0.25, -0.2) is 0 Å². The van der Waals surface area contributed by atoms with Crippen molar-refractivity contribution in [1.82, 2.24) is 4.90 Å². The van der Waals surface area contributed by atoms with E-state index in [0.29, 0.717) is 12.8 Å². The summed E-state index contributed by atoms with van der Waals surface area (Å²) in [6, 6.07) is 7.93. The second-order valence-electron chi connectivity index (χ2n) is 7.99. The molecule has 126 valence electrons. The molecule has 2 aliphatic rings. The van der Waals surface area contributed by atoms with E-state index in [2.05, 4.69) is 0 Å². The molecule has 2 heterocycles. The van der Waals surface area contributed by atoms with Crippen LogP contribution in [-0.2, 0) is 10.4 Å². The van der Waals surface area contributed by atoms with E-state index in [9.17, 15) is 9.90 Å². The predicted octanol–water partition coefficient (Wildman–Crippen LogP) is 3.08. The monoisotopic (exact) mass is 317 g/mol. The fourth-order valence-corrected chi connectivity index (χ4v) is 4.19. The van der Waals surface area contributed by atoms with Crippen LogP contribution in [0.1, 0.15) is 52.0 Å². The normalized spacial score (nSPS) is 30.4. The Morgan fingerprint density at radius 2 is 1.78 bits per heavy atom. The molecular formula is C19H27NO3. The van der Waals surface area contributed by atoms with Crippen LogP contribution in [0.2, 0.25) is 0 Å². The zero-order chi connectivity index (χ0) is 16.8. The number of carbonyl (C=O) groups excluding carboxylic acids is 1. The Morgan fingerprint density at radius 1 is 1.22 bits per heavy atom. The molecule has 4 nitrogen and oxygen atoms in total. The number of aliphatic hydroxyl groups is 1. The lowest BCUT2D eigenvalue weighted by Crippen LogP contribution is -2.54. The van der Waals surface area contributed by atoms with Crippen LogP contribution in [0, 0.1) is 5.41 Å². The molecule has 2 unspecified atom stereocenters. The van der Waals surface area contributed by atoms with Crippen LogP contribution in [-0.4, -0.2) is 35.1 Å². The van der Waals surface area contributed by atoms with Crippen molar-refractivity contribution in [2.45, 2.75) is 64.1 Å². The summed E-state index contributed by atoms with van der Waals surface area (Å²) in [5.41, 5.74) is -0.435. The first-order chi connectivity index (χ1) is 10.8. The Balaban J connectivity index is 1.90. The molecule has 0 aromatic heterocycles. The molecule has 4 heteroatoms. The fourth-order valence-electron chi connectivity index (χ4n) is 4.19. The molecule has 3 rings (SSSR count). The number of rotatable bonds is 2. The molecule has 23 heavy (non-hydrogen) atoms. The number of benzene rings is 1. The van der Waals surface area contributed by atoms with Crippen LogP contribution in [0.25, 0.3) is 0 Å². The van der Waals surface area contributed by atoms with Gasteiger partial charge in [-0.05, 0) is 18.9 Å². The Bertz CT molecular complexity index is 591. The molecule has 2 aliphatic heterocycles. The van der Waals surface area contributed by atoms with Crippen molar-refractivity contribution in [2.75, 3.05) is 7.11 Å². The zero-order valence-electron chi connectivity index (χ0n) is 14.5. The Morgan fingerprint density at radius 3 is 2.30 bits per heavy atom. The first-order valence-electron chi connectivity index (χ1n) is 8.45. The molecule has 2 fully saturated rings. The quantitative estimate of drug-likeness (QED) is 0.912. The number of para-hydroxylation sites is 1. The van der Waals surface area contributed by atoms with Crippen molar-refractivity contribution in [2.24, 2.45) is 5.41 Å². The maximum Gasteiger partial charge on any atom is 0.228 e. The molecule has 0 aliphatic carbocycles. The Kier molecular flexibility index (Phi) is 3.91. The number of fused-ring (bicyclic) bond motifs is 2. The Hall–Kier alpha value is -1.55. The van der Waals surface area contributed by atoms with Gasteiger partial charge in [0.05, 0.1) is 12.7 Å². The number of carbonyl (C=O) groups is 1. The molecule has 1 N–H and O–H groups in total. The number of hydrogen-bond donors (Lipinski definition) is 1. The minimum atomic E-state index is -0.910. The van der Waals surface area contributed by atoms with Gasteiger partial charge in [0.25, 0.3) is 0 Å². The van der Waals surface area contributed by atoms with Gasteiger partial charge in [0.2, 0.25) is 5.91 Å². The van der Waals surface area contributed by atoms with Gasteiger partial charge in [-0.2, -0.15) is 0 Å². The lowest BCUT2D eigenvalue weighted by Gasteiger charge is -2.46. The van der Waals surface area contributed by atoms with Crippen molar-refractivity contribution in [1.29, 1.82) is 0 Å². The molecule has 1 amide bonds. The van der Waals surface area contributed by atoms with Crippen LogP contribution in [0.4, 0.5) is 0 Å². The highest BCUT2D eigenvalue weighted by atomic mass is 16.5. The maximum atomic E-state index is 12.8. The smallest absolute Gasteiger partial charge is 0.228 e. The van der Waals surface area contributed by atoms with Gasteiger partial charge in [0, 0.05) is 35.9 Å². The molecule has 0 radical (unpaired) electrons. The highest BCUT2D eigenvalue weighted by Gasteiger charge is 2.52. The molecule has 1 aromatic rings. The standard InChI is InChI=1S/C19H27NO3/c1-18(2,3)17(21)20-13-9-10-14(20)12-19(22,11-13)15-7-5-6-8-16(15)23-4/h5-8,13-14,22H,9-12H2,1-4H3. The molecule has 0 saturated carbocycles. The summed E-state index contributed by atoms with van der Waals surface area (Å²) in [7, 11) is 1.63. The van der Waals surface area contributed by atoms with Gasteiger partial charge in [-0.15, -0.1) is 0 Å². The SMILES string of the molecule is COc1ccccc1C1(O)CC2CCC(C1)N2C(=O)C(C)(C)C. The average Bonchev–Trinajstić information content (AvgIpc) is 2.77. The fraction of sp³-hybridized carbons (Fsp3) is 0.632. The number of amides is 1. The molecular weight excluding hydrogens is 290 g/mol. The summed E-state index contributed by atoms with van der Waals surface area (Å²) in [4.78, 5) is 14.8. The van der Waals surface area contributed by atoms with E-state index in [-0.39, 0.29) is 23.4 Å². The summed E-state index contributed by atoms with van der Waals surface area (Å²) in [5.74, 6) is 0.928. The zero-order valence-corrected chi connectivity index (χ0v) is 14.5. The molecule has 2 bridgehead atoms. The maximum absolute atomic E-state index is 12.8. The van der Waals surface area contributed by atoms with Crippen molar-refractivity contribution in [3.05, 3.63) is 29.8 Å². The van der Waals surface area contributed by atoms with Crippen LogP contribution < -0.4 is 4.74 Å². The van der Waals surface area contributed by atoms with Gasteiger partial charge in [0.1, 0.15) is 5.75 Å². The lowest BCUT2D eigenvalue weighted by atomic mass is 9.79. The van der Waals surface area contributed by atoms with Crippen molar-refractivity contribution >= 4 is 5.91 Å². The van der Waals surface area contributed by atoms with Crippen LogP contribution in [0.3, 0.4) is 0 Å². The van der Waals surface area contributed by atoms with Gasteiger partial charge in [-0.1, -0.05) is 39.0 Å². The third kappa shape index (κ3) is 2.74. The second kappa shape index (κ2) is 5.52. The number of ether oxygens (including phenoxy) is 1. The molecule has 1 aromatic carbocycles. The van der Waals surface area contributed by atoms with Crippen molar-refractivity contribution < 1.29 is 14.6 Å². The van der Waals surface area contributed by atoms with Crippen LogP contribution in [0.5, 0.6) is 5.75 Å². The number of nitrogens with zero attached hydrogens (tertiary/aromatic N) is 1. The Labute approximate surface area is 138 Å². The summed E-state index contributed by atoms with van der Waals surface area (Å²) < 4.78 is 5.44. The molecule has 0 spiro atoms. The summed E-state index contributed by atoms with van der Waals surface area (Å²) >= 11 is 0. The highest BCUT2D eigenvalue weighted by molar-refractivity contribution is 5.82. The van der Waals surface area contributed by atoms with E-state index in [1.54, 1.807) is 7.11 Å². The lowest BCUT2D eigenvalue weighted by molar-refractivity contribution is -0.150. The minimum Gasteiger partial charge on any atom is -0.496 e. The largest absolute Gasteiger partial charge is 0.496 e. The summed E-state index contributed by atoms with van der Waals surface area (Å²) in [6.45, 7) is 5.90. The number of methoxy groups -OCH3 is 1. The number of piperidine rings is 1. The van der Waals surface area contributed by atoms with E-state index in [0.717, 1.165) is 24.2 Å².